The van der Waals surface area contributed by atoms with E-state index in [0.717, 1.165) is 24.4 Å². The van der Waals surface area contributed by atoms with Gasteiger partial charge in [-0.15, -0.1) is 5.10 Å². The maximum atomic E-state index is 13.6. The highest BCUT2D eigenvalue weighted by atomic mass is 19.1. The monoisotopic (exact) mass is 358 g/mol. The van der Waals surface area contributed by atoms with Gasteiger partial charge in [0.25, 0.3) is 0 Å². The number of ether oxygens (including phenoxy) is 1. The van der Waals surface area contributed by atoms with E-state index >= 15 is 0 Å². The topological polar surface area (TPSA) is 58.6 Å². The van der Waals surface area contributed by atoms with Crippen LogP contribution in [0.1, 0.15) is 30.1 Å². The van der Waals surface area contributed by atoms with Gasteiger partial charge in [-0.3, -0.25) is 4.79 Å². The lowest BCUT2D eigenvalue weighted by molar-refractivity contribution is -0.131. The van der Waals surface area contributed by atoms with Crippen molar-refractivity contribution in [2.75, 3.05) is 32.6 Å². The minimum absolute atomic E-state index is 0.0603. The molecule has 0 spiro atoms. The Balaban J connectivity index is 1.77. The fraction of sp³-hybridized carbons (Fsp3) is 0.421. The molecule has 1 unspecified atom stereocenters. The van der Waals surface area contributed by atoms with Crippen LogP contribution < -0.4 is 9.64 Å². The molecule has 1 fully saturated rings. The van der Waals surface area contributed by atoms with E-state index in [-0.39, 0.29) is 24.2 Å². The van der Waals surface area contributed by atoms with E-state index in [4.69, 9.17) is 4.74 Å². The van der Waals surface area contributed by atoms with Crippen molar-refractivity contribution in [1.29, 1.82) is 0 Å². The SMILES string of the molecule is COc1ccc(F)cc1CC(=O)N1CCCC1c1ccc(N(C)C)nn1. The van der Waals surface area contributed by atoms with Gasteiger partial charge in [0, 0.05) is 26.2 Å². The molecule has 0 N–H and O–H groups in total. The van der Waals surface area contributed by atoms with E-state index in [1.54, 1.807) is 6.07 Å². The maximum Gasteiger partial charge on any atom is 0.227 e. The van der Waals surface area contributed by atoms with Gasteiger partial charge in [-0.05, 0) is 43.2 Å². The van der Waals surface area contributed by atoms with E-state index in [1.807, 2.05) is 36.0 Å². The summed E-state index contributed by atoms with van der Waals surface area (Å²) < 4.78 is 18.8. The second-order valence-electron chi connectivity index (χ2n) is 6.59. The third-order valence-corrected chi connectivity index (χ3v) is 4.63. The zero-order valence-corrected chi connectivity index (χ0v) is 15.3. The molecule has 138 valence electrons. The van der Waals surface area contributed by atoms with Crippen molar-refractivity contribution in [3.05, 3.63) is 47.4 Å². The van der Waals surface area contributed by atoms with Gasteiger partial charge in [-0.25, -0.2) is 4.39 Å². The number of aromatic nitrogens is 2. The average molecular weight is 358 g/mol. The van der Waals surface area contributed by atoms with Gasteiger partial charge in [0.2, 0.25) is 5.91 Å². The van der Waals surface area contributed by atoms with Crippen molar-refractivity contribution >= 4 is 11.7 Å². The molecule has 1 aliphatic rings. The van der Waals surface area contributed by atoms with Crippen LogP contribution in [0.25, 0.3) is 0 Å². The van der Waals surface area contributed by atoms with E-state index in [2.05, 4.69) is 10.2 Å². The summed E-state index contributed by atoms with van der Waals surface area (Å²) in [5, 5.41) is 8.51. The first-order valence-electron chi connectivity index (χ1n) is 8.62. The van der Waals surface area contributed by atoms with Crippen molar-refractivity contribution in [1.82, 2.24) is 15.1 Å². The van der Waals surface area contributed by atoms with Crippen molar-refractivity contribution < 1.29 is 13.9 Å². The summed E-state index contributed by atoms with van der Waals surface area (Å²) in [6, 6.07) is 7.96. The van der Waals surface area contributed by atoms with Crippen LogP contribution in [0, 0.1) is 5.82 Å². The van der Waals surface area contributed by atoms with Crippen LogP contribution in [-0.4, -0.2) is 48.8 Å². The Bertz CT molecular complexity index is 780. The molecule has 1 atom stereocenters. The largest absolute Gasteiger partial charge is 0.496 e. The zero-order valence-electron chi connectivity index (χ0n) is 15.3. The van der Waals surface area contributed by atoms with Crippen LogP contribution in [0.4, 0.5) is 10.2 Å². The molecule has 1 amide bonds. The summed E-state index contributed by atoms with van der Waals surface area (Å²) in [7, 11) is 5.32. The highest BCUT2D eigenvalue weighted by Gasteiger charge is 2.31. The summed E-state index contributed by atoms with van der Waals surface area (Å²) in [4.78, 5) is 16.5. The first kappa shape index (κ1) is 18.1. The third-order valence-electron chi connectivity index (χ3n) is 4.63. The lowest BCUT2D eigenvalue weighted by atomic mass is 10.1. The summed E-state index contributed by atoms with van der Waals surface area (Å²) in [6.45, 7) is 0.665. The molecule has 0 saturated carbocycles. The third kappa shape index (κ3) is 3.76. The van der Waals surface area contributed by atoms with Gasteiger partial charge in [0.1, 0.15) is 11.6 Å². The Morgan fingerprint density at radius 2 is 2.12 bits per heavy atom. The Morgan fingerprint density at radius 3 is 2.77 bits per heavy atom. The predicted octanol–water partition coefficient (Wildman–Crippen LogP) is 2.60. The molecule has 3 rings (SSSR count). The number of benzene rings is 1. The van der Waals surface area contributed by atoms with Gasteiger partial charge in [-0.2, -0.15) is 5.10 Å². The summed E-state index contributed by atoms with van der Waals surface area (Å²) in [5.74, 6) is 0.853. The molecule has 0 aliphatic carbocycles. The van der Waals surface area contributed by atoms with Crippen molar-refractivity contribution in [2.45, 2.75) is 25.3 Å². The number of methoxy groups -OCH3 is 1. The van der Waals surface area contributed by atoms with Crippen LogP contribution in [-0.2, 0) is 11.2 Å². The fourth-order valence-electron chi connectivity index (χ4n) is 3.27. The first-order valence-corrected chi connectivity index (χ1v) is 8.62. The molecule has 1 aromatic carbocycles. The van der Waals surface area contributed by atoms with Gasteiger partial charge >= 0.3 is 0 Å². The zero-order chi connectivity index (χ0) is 18.7. The van der Waals surface area contributed by atoms with Crippen LogP contribution in [0.2, 0.25) is 0 Å². The summed E-state index contributed by atoms with van der Waals surface area (Å²) in [6.07, 6.45) is 1.86. The number of nitrogens with zero attached hydrogens (tertiary/aromatic N) is 4. The Hall–Kier alpha value is -2.70. The molecular weight excluding hydrogens is 335 g/mol. The number of rotatable bonds is 5. The van der Waals surface area contributed by atoms with Crippen molar-refractivity contribution in [3.8, 4) is 5.75 Å². The van der Waals surface area contributed by atoms with Crippen LogP contribution in [0.3, 0.4) is 0 Å². The Morgan fingerprint density at radius 1 is 1.31 bits per heavy atom. The molecule has 2 aromatic rings. The van der Waals surface area contributed by atoms with Gasteiger partial charge in [0.05, 0.1) is 25.3 Å². The molecule has 0 radical (unpaired) electrons. The summed E-state index contributed by atoms with van der Waals surface area (Å²) >= 11 is 0. The Labute approximate surface area is 152 Å². The number of likely N-dealkylation sites (tertiary alicyclic amines) is 1. The maximum absolute atomic E-state index is 13.6. The number of amides is 1. The van der Waals surface area contributed by atoms with E-state index in [9.17, 15) is 9.18 Å². The van der Waals surface area contributed by atoms with Crippen LogP contribution >= 0.6 is 0 Å². The second-order valence-corrected chi connectivity index (χ2v) is 6.59. The fourth-order valence-corrected chi connectivity index (χ4v) is 3.27. The highest BCUT2D eigenvalue weighted by molar-refractivity contribution is 5.80. The molecular formula is C19H23FN4O2. The first-order chi connectivity index (χ1) is 12.5. The minimum Gasteiger partial charge on any atom is -0.496 e. The van der Waals surface area contributed by atoms with Gasteiger partial charge in [0.15, 0.2) is 5.82 Å². The molecule has 2 heterocycles. The predicted molar refractivity (Wildman–Crippen MR) is 96.7 cm³/mol. The highest BCUT2D eigenvalue weighted by Crippen LogP contribution is 2.32. The smallest absolute Gasteiger partial charge is 0.227 e. The molecule has 1 aliphatic heterocycles. The average Bonchev–Trinajstić information content (AvgIpc) is 3.12. The van der Waals surface area contributed by atoms with E-state index in [1.165, 1.54) is 19.2 Å². The number of hydrogen-bond acceptors (Lipinski definition) is 5. The molecule has 26 heavy (non-hydrogen) atoms. The number of anilines is 1. The molecule has 1 saturated heterocycles. The molecule has 6 nitrogen and oxygen atoms in total. The Kier molecular flexibility index (Phi) is 5.35. The minimum atomic E-state index is -0.378. The molecule has 1 aromatic heterocycles. The van der Waals surface area contributed by atoms with Crippen LogP contribution in [0.5, 0.6) is 5.75 Å². The van der Waals surface area contributed by atoms with E-state index < -0.39 is 0 Å². The lowest BCUT2D eigenvalue weighted by Gasteiger charge is -2.24. The molecule has 7 heteroatoms. The number of halogens is 1. The number of carbonyl (C=O) groups excluding carboxylic acids is 1. The standard InChI is InChI=1S/C19H23FN4O2/c1-23(2)18-9-7-15(21-22-18)16-5-4-10-24(16)19(25)12-13-11-14(20)6-8-17(13)26-3/h6-9,11,16H,4-5,10,12H2,1-3H3. The second kappa shape index (κ2) is 7.68. The van der Waals surface area contributed by atoms with Crippen molar-refractivity contribution in [3.63, 3.8) is 0 Å². The van der Waals surface area contributed by atoms with E-state index in [0.29, 0.717) is 17.9 Å². The quantitative estimate of drug-likeness (QED) is 0.822. The number of hydrogen-bond donors (Lipinski definition) is 0. The number of carbonyl (C=O) groups is 1. The summed E-state index contributed by atoms with van der Waals surface area (Å²) in [5.41, 5.74) is 1.34. The normalized spacial score (nSPS) is 16.6. The molecule has 0 bridgehead atoms. The van der Waals surface area contributed by atoms with Crippen molar-refractivity contribution in [2.24, 2.45) is 0 Å². The van der Waals surface area contributed by atoms with Gasteiger partial charge in [-0.1, -0.05) is 0 Å². The van der Waals surface area contributed by atoms with Crippen LogP contribution in [0.15, 0.2) is 30.3 Å². The van der Waals surface area contributed by atoms with Gasteiger partial charge < -0.3 is 14.5 Å². The lowest BCUT2D eigenvalue weighted by Crippen LogP contribution is -2.32.